The number of amides is 1. The summed E-state index contributed by atoms with van der Waals surface area (Å²) in [5.74, 6) is -1.11. The van der Waals surface area contributed by atoms with E-state index in [4.69, 9.17) is 28.4 Å². The minimum Gasteiger partial charge on any atom is -0.496 e. The second-order valence-electron chi connectivity index (χ2n) is 8.44. The van der Waals surface area contributed by atoms with Gasteiger partial charge in [0.05, 0.1) is 7.11 Å². The normalized spacial score (nSPS) is 34.3. The summed E-state index contributed by atoms with van der Waals surface area (Å²) < 4.78 is 35.2. The summed E-state index contributed by atoms with van der Waals surface area (Å²) in [6.07, 6.45) is -2.37. The van der Waals surface area contributed by atoms with Gasteiger partial charge in [0, 0.05) is 6.54 Å². The van der Waals surface area contributed by atoms with E-state index in [2.05, 4.69) is 5.32 Å². The smallest absolute Gasteiger partial charge is 0.252 e. The lowest BCUT2D eigenvalue weighted by molar-refractivity contribution is -0.231. The Kier molecular flexibility index (Phi) is 5.33. The van der Waals surface area contributed by atoms with E-state index in [1.165, 1.54) is 0 Å². The van der Waals surface area contributed by atoms with Crippen LogP contribution in [0.2, 0.25) is 0 Å². The minimum atomic E-state index is -0.849. The Labute approximate surface area is 170 Å². The van der Waals surface area contributed by atoms with Gasteiger partial charge < -0.3 is 33.7 Å². The first kappa shape index (κ1) is 20.6. The molecular formula is C21H29NO7. The highest BCUT2D eigenvalue weighted by molar-refractivity contribution is 5.81. The highest BCUT2D eigenvalue weighted by atomic mass is 16.9. The van der Waals surface area contributed by atoms with E-state index in [0.29, 0.717) is 13.0 Å². The van der Waals surface area contributed by atoms with Gasteiger partial charge in [-0.25, -0.2) is 0 Å². The first-order valence-corrected chi connectivity index (χ1v) is 9.95. The summed E-state index contributed by atoms with van der Waals surface area (Å²) in [6.45, 7) is 7.70. The maximum atomic E-state index is 12.9. The maximum absolute atomic E-state index is 12.9. The molecule has 160 valence electrons. The van der Waals surface area contributed by atoms with Crippen molar-refractivity contribution in [1.29, 1.82) is 0 Å². The lowest BCUT2D eigenvalue weighted by Gasteiger charge is -2.36. The van der Waals surface area contributed by atoms with E-state index in [1.54, 1.807) is 7.11 Å². The summed E-state index contributed by atoms with van der Waals surface area (Å²) in [5.41, 5.74) is 1.02. The van der Waals surface area contributed by atoms with E-state index < -0.39 is 42.3 Å². The monoisotopic (exact) mass is 407 g/mol. The number of carbonyl (C=O) groups excluding carboxylic acids is 1. The molecule has 0 aliphatic carbocycles. The molecule has 8 heteroatoms. The topological polar surface area (TPSA) is 84.5 Å². The van der Waals surface area contributed by atoms with E-state index in [9.17, 15) is 4.79 Å². The summed E-state index contributed by atoms with van der Waals surface area (Å²) in [6, 6.07) is 7.74. The molecule has 0 spiro atoms. The molecule has 5 atom stereocenters. The first-order valence-electron chi connectivity index (χ1n) is 9.95. The van der Waals surface area contributed by atoms with Crippen LogP contribution in [-0.2, 0) is 34.9 Å². The van der Waals surface area contributed by atoms with Crippen LogP contribution in [0.5, 0.6) is 5.75 Å². The van der Waals surface area contributed by atoms with E-state index in [-0.39, 0.29) is 5.91 Å². The lowest BCUT2D eigenvalue weighted by Crippen LogP contribution is -2.59. The van der Waals surface area contributed by atoms with Gasteiger partial charge >= 0.3 is 0 Å². The molecule has 1 aromatic rings. The highest BCUT2D eigenvalue weighted by Gasteiger charge is 2.62. The number of para-hydroxylation sites is 1. The summed E-state index contributed by atoms with van der Waals surface area (Å²) in [5, 5.41) is 2.94. The molecule has 1 amide bonds. The fourth-order valence-corrected chi connectivity index (χ4v) is 4.15. The van der Waals surface area contributed by atoms with E-state index in [1.807, 2.05) is 52.0 Å². The standard InChI is InChI=1S/C21H29NO7/c1-20(2)26-14-15(27-20)17-19(29-21(3,4)28-17)25-16(14)18(23)22-11-10-12-8-6-7-9-13(12)24-5/h6-9,14-17,19H,10-11H2,1-5H3,(H,22,23)/t14-,15+,16+,17-,19-/m1/s1. The predicted molar refractivity (Wildman–Crippen MR) is 102 cm³/mol. The van der Waals surface area contributed by atoms with Gasteiger partial charge in [0.1, 0.15) is 24.1 Å². The summed E-state index contributed by atoms with van der Waals surface area (Å²) >= 11 is 0. The van der Waals surface area contributed by atoms with Crippen molar-refractivity contribution < 1.29 is 33.2 Å². The number of hydrogen-bond donors (Lipinski definition) is 1. The second-order valence-corrected chi connectivity index (χ2v) is 8.44. The first-order chi connectivity index (χ1) is 13.7. The van der Waals surface area contributed by atoms with Crippen LogP contribution in [-0.4, -0.2) is 61.8 Å². The van der Waals surface area contributed by atoms with Crippen molar-refractivity contribution in [2.75, 3.05) is 13.7 Å². The fraction of sp³-hybridized carbons (Fsp3) is 0.667. The largest absolute Gasteiger partial charge is 0.496 e. The number of hydrogen-bond acceptors (Lipinski definition) is 7. The van der Waals surface area contributed by atoms with Gasteiger partial charge in [-0.15, -0.1) is 0 Å². The van der Waals surface area contributed by atoms with Crippen molar-refractivity contribution in [2.45, 2.75) is 76.4 Å². The Bertz CT molecular complexity index is 765. The molecule has 3 heterocycles. The van der Waals surface area contributed by atoms with Gasteiger partial charge in [-0.05, 0) is 45.7 Å². The van der Waals surface area contributed by atoms with Crippen molar-refractivity contribution in [2.24, 2.45) is 0 Å². The Hall–Kier alpha value is -1.71. The molecule has 1 aromatic carbocycles. The Morgan fingerprint density at radius 2 is 1.66 bits per heavy atom. The number of rotatable bonds is 5. The third-order valence-corrected chi connectivity index (χ3v) is 5.30. The van der Waals surface area contributed by atoms with Crippen LogP contribution in [0.4, 0.5) is 0 Å². The Morgan fingerprint density at radius 1 is 1.00 bits per heavy atom. The van der Waals surface area contributed by atoms with Gasteiger partial charge in [0.15, 0.2) is 24.0 Å². The third kappa shape index (κ3) is 4.13. The maximum Gasteiger partial charge on any atom is 0.252 e. The van der Waals surface area contributed by atoms with Crippen LogP contribution in [0.25, 0.3) is 0 Å². The molecule has 29 heavy (non-hydrogen) atoms. The average molecular weight is 407 g/mol. The van der Waals surface area contributed by atoms with E-state index >= 15 is 0 Å². The van der Waals surface area contributed by atoms with Gasteiger partial charge in [0.25, 0.3) is 5.91 Å². The number of methoxy groups -OCH3 is 1. The molecule has 0 radical (unpaired) electrons. The zero-order valence-electron chi connectivity index (χ0n) is 17.5. The SMILES string of the molecule is COc1ccccc1CCNC(=O)[C@H]1O[C@@H]2OC(C)(C)O[C@@H]2[C@H]2OC(C)(C)O[C@H]21. The van der Waals surface area contributed by atoms with Crippen LogP contribution in [0.1, 0.15) is 33.3 Å². The Balaban J connectivity index is 1.43. The van der Waals surface area contributed by atoms with Crippen molar-refractivity contribution in [3.05, 3.63) is 29.8 Å². The van der Waals surface area contributed by atoms with Crippen molar-refractivity contribution in [3.8, 4) is 5.75 Å². The predicted octanol–water partition coefficient (Wildman–Crippen LogP) is 1.75. The molecule has 3 aliphatic rings. The van der Waals surface area contributed by atoms with Crippen LogP contribution in [0.3, 0.4) is 0 Å². The summed E-state index contributed by atoms with van der Waals surface area (Å²) in [7, 11) is 1.63. The van der Waals surface area contributed by atoms with Crippen LogP contribution >= 0.6 is 0 Å². The van der Waals surface area contributed by atoms with Gasteiger partial charge in [0.2, 0.25) is 0 Å². The van der Waals surface area contributed by atoms with Crippen molar-refractivity contribution in [1.82, 2.24) is 5.32 Å². The molecule has 0 saturated carbocycles. The number of nitrogens with one attached hydrogen (secondary N) is 1. The molecule has 3 aliphatic heterocycles. The number of carbonyl (C=O) groups is 1. The number of ether oxygens (including phenoxy) is 6. The number of fused-ring (bicyclic) bond motifs is 3. The molecule has 3 saturated heterocycles. The zero-order valence-corrected chi connectivity index (χ0v) is 17.5. The van der Waals surface area contributed by atoms with Crippen LogP contribution < -0.4 is 10.1 Å². The van der Waals surface area contributed by atoms with Crippen LogP contribution in [0.15, 0.2) is 24.3 Å². The highest BCUT2D eigenvalue weighted by Crippen LogP contribution is 2.44. The second kappa shape index (κ2) is 7.52. The molecule has 4 rings (SSSR count). The molecular weight excluding hydrogens is 378 g/mol. The quantitative estimate of drug-likeness (QED) is 0.796. The fourth-order valence-electron chi connectivity index (χ4n) is 4.15. The van der Waals surface area contributed by atoms with Crippen molar-refractivity contribution in [3.63, 3.8) is 0 Å². The van der Waals surface area contributed by atoms with Gasteiger partial charge in [-0.2, -0.15) is 0 Å². The Morgan fingerprint density at radius 3 is 2.41 bits per heavy atom. The third-order valence-electron chi connectivity index (χ3n) is 5.30. The van der Waals surface area contributed by atoms with Gasteiger partial charge in [-0.3, -0.25) is 4.79 Å². The average Bonchev–Trinajstić information content (AvgIpc) is 3.15. The molecule has 0 unspecified atom stereocenters. The minimum absolute atomic E-state index is 0.261. The van der Waals surface area contributed by atoms with Crippen LogP contribution in [0, 0.1) is 0 Å². The van der Waals surface area contributed by atoms with Crippen molar-refractivity contribution >= 4 is 5.91 Å². The van der Waals surface area contributed by atoms with E-state index in [0.717, 1.165) is 11.3 Å². The molecule has 8 nitrogen and oxygen atoms in total. The lowest BCUT2D eigenvalue weighted by atomic mass is 9.98. The molecule has 3 fully saturated rings. The zero-order chi connectivity index (χ0) is 20.8. The van der Waals surface area contributed by atoms with Gasteiger partial charge in [-0.1, -0.05) is 18.2 Å². The molecule has 0 bridgehead atoms. The number of benzene rings is 1. The summed E-state index contributed by atoms with van der Waals surface area (Å²) in [4.78, 5) is 12.9. The molecule has 1 N–H and O–H groups in total. The molecule has 0 aromatic heterocycles.